The number of aryl methyl sites for hydroxylation is 2. The number of hydrogen-bond acceptors (Lipinski definition) is 4. The van der Waals surface area contributed by atoms with Crippen molar-refractivity contribution in [2.24, 2.45) is 0 Å². The maximum absolute atomic E-state index is 16.9. The second-order valence-electron chi connectivity index (χ2n) is 7.13. The maximum Gasteiger partial charge on any atom is 0.255 e. The zero-order valence-corrected chi connectivity index (χ0v) is 17.7. The number of methoxy groups -OCH3 is 2. The molecule has 0 spiro atoms. The molecule has 1 aliphatic carbocycles. The number of hydrogen-bond donors (Lipinski definition) is 0. The molecule has 1 aromatic heterocycles. The Morgan fingerprint density at radius 3 is 2.45 bits per heavy atom. The first kappa shape index (κ1) is 21.5. The zero-order chi connectivity index (χ0) is 21.4. The Kier molecular flexibility index (Phi) is 5.85. The van der Waals surface area contributed by atoms with E-state index in [4.69, 9.17) is 9.47 Å². The number of halogens is 3. The van der Waals surface area contributed by atoms with Gasteiger partial charge in [0.05, 0.1) is 14.2 Å². The minimum absolute atomic E-state index is 0.00878. The third-order valence-corrected chi connectivity index (χ3v) is 6.37. The lowest BCUT2D eigenvalue weighted by Crippen LogP contribution is -2.59. The van der Waals surface area contributed by atoms with Gasteiger partial charge in [-0.15, -0.1) is 16.5 Å². The van der Waals surface area contributed by atoms with Gasteiger partial charge in [0.25, 0.3) is 5.79 Å². The molecule has 0 aliphatic heterocycles. The highest BCUT2D eigenvalue weighted by Crippen LogP contribution is 2.56. The van der Waals surface area contributed by atoms with E-state index in [1.54, 1.807) is 12.1 Å². The summed E-state index contributed by atoms with van der Waals surface area (Å²) in [6.07, 6.45) is 1.05. The summed E-state index contributed by atoms with van der Waals surface area (Å²) in [6.45, 7) is 2.86. The van der Waals surface area contributed by atoms with Gasteiger partial charge in [-0.1, -0.05) is 17.8 Å². The lowest BCUT2D eigenvalue weighted by atomic mass is 9.71. The normalized spacial score (nSPS) is 23.4. The first-order valence-electron chi connectivity index (χ1n) is 9.40. The van der Waals surface area contributed by atoms with Crippen LogP contribution in [0, 0.1) is 0 Å². The molecule has 8 heteroatoms. The molecule has 158 valence electrons. The van der Waals surface area contributed by atoms with Crippen molar-refractivity contribution < 1.29 is 27.5 Å². The van der Waals surface area contributed by atoms with E-state index in [9.17, 15) is 9.28 Å². The lowest BCUT2D eigenvalue weighted by Gasteiger charge is -2.45. The second kappa shape index (κ2) is 7.89. The average Bonchev–Trinajstić information content (AvgIpc) is 3.18. The SMILES string of the molecule is CCCc1cc([C@@]2(F)c3cc(OC)c(OC)cc3CC[C@]2(F)N(F)C(C)=O)cs1. The molecule has 0 bridgehead atoms. The number of rotatable bonds is 6. The van der Waals surface area contributed by atoms with Gasteiger partial charge in [-0.3, -0.25) is 4.79 Å². The monoisotopic (exact) mass is 427 g/mol. The van der Waals surface area contributed by atoms with Crippen LogP contribution in [0.3, 0.4) is 0 Å². The molecular weight excluding hydrogens is 403 g/mol. The number of ether oxygens (including phenoxy) is 2. The molecule has 0 saturated heterocycles. The highest BCUT2D eigenvalue weighted by molar-refractivity contribution is 7.10. The number of carbonyl (C=O) groups excluding carboxylic acids is 1. The lowest BCUT2D eigenvalue weighted by molar-refractivity contribution is -0.224. The fourth-order valence-corrected chi connectivity index (χ4v) is 4.95. The number of carbonyl (C=O) groups is 1. The quantitative estimate of drug-likeness (QED) is 0.465. The largest absolute Gasteiger partial charge is 0.493 e. The second-order valence-corrected chi connectivity index (χ2v) is 8.13. The van der Waals surface area contributed by atoms with Crippen molar-refractivity contribution in [2.45, 2.75) is 51.0 Å². The molecule has 4 nitrogen and oxygen atoms in total. The van der Waals surface area contributed by atoms with Crippen LogP contribution < -0.4 is 9.47 Å². The molecule has 0 fully saturated rings. The fraction of sp³-hybridized carbons (Fsp3) is 0.476. The molecule has 0 unspecified atom stereocenters. The van der Waals surface area contributed by atoms with Crippen LogP contribution in [0.4, 0.5) is 13.3 Å². The Bertz CT molecular complexity index is 919. The number of thiophene rings is 1. The maximum atomic E-state index is 16.9. The predicted molar refractivity (Wildman–Crippen MR) is 106 cm³/mol. The number of benzene rings is 1. The van der Waals surface area contributed by atoms with Crippen LogP contribution in [0.1, 0.15) is 48.3 Å². The summed E-state index contributed by atoms with van der Waals surface area (Å²) in [5.74, 6) is -3.80. The Morgan fingerprint density at radius 1 is 1.21 bits per heavy atom. The molecule has 0 saturated carbocycles. The van der Waals surface area contributed by atoms with Crippen LogP contribution in [0.25, 0.3) is 0 Å². The average molecular weight is 427 g/mol. The third kappa shape index (κ3) is 3.27. The van der Waals surface area contributed by atoms with Gasteiger partial charge < -0.3 is 9.47 Å². The summed E-state index contributed by atoms with van der Waals surface area (Å²) >= 11 is 1.29. The third-order valence-electron chi connectivity index (χ3n) is 5.37. The van der Waals surface area contributed by atoms with Gasteiger partial charge in [0.1, 0.15) is 0 Å². The number of alkyl halides is 2. The van der Waals surface area contributed by atoms with Crippen molar-refractivity contribution in [1.29, 1.82) is 0 Å². The first-order valence-corrected chi connectivity index (χ1v) is 10.3. The molecule has 1 heterocycles. The Hall–Kier alpha value is -2.22. The van der Waals surface area contributed by atoms with Crippen molar-refractivity contribution >= 4 is 17.2 Å². The summed E-state index contributed by atoms with van der Waals surface area (Å²) < 4.78 is 58.3. The number of amides is 1. The Balaban J connectivity index is 2.29. The summed E-state index contributed by atoms with van der Waals surface area (Å²) in [4.78, 5) is 12.6. The van der Waals surface area contributed by atoms with Gasteiger partial charge in [-0.2, -0.15) is 0 Å². The summed E-state index contributed by atoms with van der Waals surface area (Å²) in [7, 11) is 2.83. The minimum Gasteiger partial charge on any atom is -0.493 e. The van der Waals surface area contributed by atoms with E-state index >= 15 is 8.78 Å². The first-order chi connectivity index (χ1) is 13.7. The van der Waals surface area contributed by atoms with Crippen molar-refractivity contribution in [3.63, 3.8) is 0 Å². The van der Waals surface area contributed by atoms with E-state index < -0.39 is 28.9 Å². The molecule has 2 aromatic rings. The standard InChI is InChI=1S/C21H24F3NO3S/c1-5-6-16-10-15(12-29-16)21(23)17-11-19(28-4)18(27-3)9-14(17)7-8-20(21,22)25(24)13(2)26/h9-12H,5-8H2,1-4H3/t20-,21+/m0/s1. The minimum atomic E-state index is -3.18. The van der Waals surface area contributed by atoms with Gasteiger partial charge in [0, 0.05) is 29.3 Å². The van der Waals surface area contributed by atoms with Crippen LogP contribution in [-0.4, -0.2) is 31.0 Å². The van der Waals surface area contributed by atoms with Crippen molar-refractivity contribution in [2.75, 3.05) is 14.2 Å². The molecule has 1 amide bonds. The number of nitrogens with zero attached hydrogens (tertiary/aromatic N) is 1. The van der Waals surface area contributed by atoms with Crippen LogP contribution in [-0.2, 0) is 23.3 Å². The summed E-state index contributed by atoms with van der Waals surface area (Å²) in [6, 6.07) is 4.48. The van der Waals surface area contributed by atoms with Crippen LogP contribution in [0.2, 0.25) is 0 Å². The van der Waals surface area contributed by atoms with Gasteiger partial charge in [0.2, 0.25) is 11.6 Å². The van der Waals surface area contributed by atoms with E-state index in [2.05, 4.69) is 0 Å². The van der Waals surface area contributed by atoms with Crippen LogP contribution in [0.5, 0.6) is 11.5 Å². The topological polar surface area (TPSA) is 38.8 Å². The molecule has 0 N–H and O–H groups in total. The Labute approximate surface area is 172 Å². The molecule has 0 radical (unpaired) electrons. The van der Waals surface area contributed by atoms with E-state index in [1.165, 1.54) is 37.0 Å². The number of fused-ring (bicyclic) bond motifs is 1. The summed E-state index contributed by atoms with van der Waals surface area (Å²) in [5.41, 5.74) is -2.49. The van der Waals surface area contributed by atoms with Crippen molar-refractivity contribution in [3.05, 3.63) is 45.1 Å². The van der Waals surface area contributed by atoms with Crippen LogP contribution in [0.15, 0.2) is 23.6 Å². The predicted octanol–water partition coefficient (Wildman–Crippen LogP) is 5.28. The van der Waals surface area contributed by atoms with E-state index in [0.29, 0.717) is 17.7 Å². The van der Waals surface area contributed by atoms with Crippen LogP contribution >= 0.6 is 11.3 Å². The molecule has 1 aromatic carbocycles. The van der Waals surface area contributed by atoms with Crippen molar-refractivity contribution in [1.82, 2.24) is 5.12 Å². The van der Waals surface area contributed by atoms with E-state index in [1.807, 2.05) is 6.92 Å². The van der Waals surface area contributed by atoms with Gasteiger partial charge in [-0.05, 0) is 42.0 Å². The summed E-state index contributed by atoms with van der Waals surface area (Å²) in [5, 5.41) is 0.892. The van der Waals surface area contributed by atoms with Gasteiger partial charge in [0.15, 0.2) is 11.5 Å². The van der Waals surface area contributed by atoms with Gasteiger partial charge >= 0.3 is 0 Å². The van der Waals surface area contributed by atoms with Crippen molar-refractivity contribution in [3.8, 4) is 11.5 Å². The molecule has 2 atom stereocenters. The zero-order valence-electron chi connectivity index (χ0n) is 16.9. The molecule has 29 heavy (non-hydrogen) atoms. The van der Waals surface area contributed by atoms with E-state index in [0.717, 1.165) is 18.2 Å². The molecule has 3 rings (SSSR count). The molecule has 1 aliphatic rings. The highest BCUT2D eigenvalue weighted by Gasteiger charge is 2.64. The molecular formula is C21H24F3NO3S. The highest BCUT2D eigenvalue weighted by atomic mass is 32.1. The Morgan fingerprint density at radius 2 is 1.86 bits per heavy atom. The van der Waals surface area contributed by atoms with E-state index in [-0.39, 0.29) is 23.3 Å². The fourth-order valence-electron chi connectivity index (χ4n) is 3.93. The van der Waals surface area contributed by atoms with Gasteiger partial charge in [-0.25, -0.2) is 8.78 Å². The smallest absolute Gasteiger partial charge is 0.255 e.